The number of nitrogens with one attached hydrogen (secondary N) is 1. The molecule has 0 aliphatic rings. The van der Waals surface area contributed by atoms with Crippen molar-refractivity contribution in [2.24, 2.45) is 0 Å². The van der Waals surface area contributed by atoms with Gasteiger partial charge >= 0.3 is 5.97 Å². The van der Waals surface area contributed by atoms with E-state index in [1.807, 2.05) is 0 Å². The van der Waals surface area contributed by atoms with Crippen LogP contribution in [0.3, 0.4) is 0 Å². The van der Waals surface area contributed by atoms with Gasteiger partial charge in [-0.1, -0.05) is 12.1 Å². The topological polar surface area (TPSA) is 90.3 Å². The Labute approximate surface area is 172 Å². The SMILES string of the molecule is COC(=O)c1ccccc1NC(=O)CCCn1nc(-c2ccc(F)cc2)ccc1=O. The molecule has 1 heterocycles. The van der Waals surface area contributed by atoms with Crippen LogP contribution in [0.4, 0.5) is 10.1 Å². The van der Waals surface area contributed by atoms with E-state index in [9.17, 15) is 18.8 Å². The van der Waals surface area contributed by atoms with Gasteiger partial charge in [-0.3, -0.25) is 9.59 Å². The Morgan fingerprint density at radius 1 is 1.07 bits per heavy atom. The van der Waals surface area contributed by atoms with E-state index in [0.717, 1.165) is 0 Å². The summed E-state index contributed by atoms with van der Waals surface area (Å²) in [5.74, 6) is -1.19. The van der Waals surface area contributed by atoms with Crippen molar-refractivity contribution in [3.63, 3.8) is 0 Å². The van der Waals surface area contributed by atoms with E-state index >= 15 is 0 Å². The molecule has 30 heavy (non-hydrogen) atoms. The fourth-order valence-electron chi connectivity index (χ4n) is 2.87. The summed E-state index contributed by atoms with van der Waals surface area (Å²) in [6.07, 6.45) is 0.496. The third-order valence-electron chi connectivity index (χ3n) is 4.39. The Morgan fingerprint density at radius 2 is 1.80 bits per heavy atom. The summed E-state index contributed by atoms with van der Waals surface area (Å²) in [6.45, 7) is 0.236. The van der Waals surface area contributed by atoms with Gasteiger partial charge in [0.2, 0.25) is 5.91 Å². The minimum Gasteiger partial charge on any atom is -0.465 e. The van der Waals surface area contributed by atoms with Crippen molar-refractivity contribution < 1.29 is 18.7 Å². The summed E-state index contributed by atoms with van der Waals surface area (Å²) in [5.41, 5.74) is 1.55. The number of anilines is 1. The summed E-state index contributed by atoms with van der Waals surface area (Å²) in [5, 5.41) is 6.98. The van der Waals surface area contributed by atoms with Crippen LogP contribution in [0.25, 0.3) is 11.3 Å². The second-order valence-corrected chi connectivity index (χ2v) is 6.48. The van der Waals surface area contributed by atoms with Gasteiger partial charge in [0.25, 0.3) is 5.56 Å². The molecule has 0 unspecified atom stereocenters. The number of amides is 1. The van der Waals surface area contributed by atoms with E-state index < -0.39 is 5.97 Å². The average Bonchev–Trinajstić information content (AvgIpc) is 2.75. The molecule has 0 saturated heterocycles. The highest BCUT2D eigenvalue weighted by molar-refractivity contribution is 6.01. The van der Waals surface area contributed by atoms with Gasteiger partial charge in [-0.25, -0.2) is 13.9 Å². The second kappa shape index (κ2) is 9.60. The molecule has 0 atom stereocenters. The summed E-state index contributed by atoms with van der Waals surface area (Å²) in [4.78, 5) is 36.1. The number of aryl methyl sites for hydroxylation is 1. The predicted octanol–water partition coefficient (Wildman–Crippen LogP) is 3.25. The van der Waals surface area contributed by atoms with Gasteiger partial charge in [0.1, 0.15) is 5.82 Å². The summed E-state index contributed by atoms with van der Waals surface area (Å²) in [7, 11) is 1.27. The number of para-hydroxylation sites is 1. The maximum Gasteiger partial charge on any atom is 0.339 e. The molecule has 0 spiro atoms. The van der Waals surface area contributed by atoms with Crippen LogP contribution >= 0.6 is 0 Å². The first-order valence-corrected chi connectivity index (χ1v) is 9.29. The lowest BCUT2D eigenvalue weighted by atomic mass is 10.1. The molecule has 0 saturated carbocycles. The molecule has 1 amide bonds. The van der Waals surface area contributed by atoms with Gasteiger partial charge < -0.3 is 10.1 Å². The fourth-order valence-corrected chi connectivity index (χ4v) is 2.87. The van der Waals surface area contributed by atoms with Gasteiger partial charge in [-0.05, 0) is 48.9 Å². The van der Waals surface area contributed by atoms with Crippen molar-refractivity contribution in [1.82, 2.24) is 9.78 Å². The number of nitrogens with zero attached hydrogens (tertiary/aromatic N) is 2. The van der Waals surface area contributed by atoms with Crippen molar-refractivity contribution in [1.29, 1.82) is 0 Å². The highest BCUT2D eigenvalue weighted by Gasteiger charge is 2.13. The molecule has 0 aliphatic heterocycles. The molecule has 1 N–H and O–H groups in total. The molecular weight excluding hydrogens is 389 g/mol. The maximum atomic E-state index is 13.1. The minimum absolute atomic E-state index is 0.129. The largest absolute Gasteiger partial charge is 0.465 e. The number of halogens is 1. The standard InChI is InChI=1S/C22H20FN3O4/c1-30-22(29)17-5-2-3-6-19(17)24-20(27)7-4-14-26-21(28)13-12-18(25-26)15-8-10-16(23)11-9-15/h2-3,5-6,8-13H,4,7,14H2,1H3,(H,24,27). The van der Waals surface area contributed by atoms with E-state index in [4.69, 9.17) is 4.74 Å². The number of aromatic nitrogens is 2. The van der Waals surface area contributed by atoms with Crippen molar-refractivity contribution in [3.8, 4) is 11.3 Å². The first kappa shape index (κ1) is 20.9. The van der Waals surface area contributed by atoms with Crippen molar-refractivity contribution in [2.45, 2.75) is 19.4 Å². The van der Waals surface area contributed by atoms with Crippen LogP contribution in [0.2, 0.25) is 0 Å². The summed E-state index contributed by atoms with van der Waals surface area (Å²) in [6, 6.07) is 15.3. The monoisotopic (exact) mass is 409 g/mol. The molecular formula is C22H20FN3O4. The highest BCUT2D eigenvalue weighted by atomic mass is 19.1. The molecule has 0 aliphatic carbocycles. The Morgan fingerprint density at radius 3 is 2.53 bits per heavy atom. The summed E-state index contributed by atoms with van der Waals surface area (Å²) >= 11 is 0. The van der Waals surface area contributed by atoms with Gasteiger partial charge in [0.05, 0.1) is 24.1 Å². The molecule has 3 rings (SSSR count). The number of carbonyl (C=O) groups is 2. The third-order valence-corrected chi connectivity index (χ3v) is 4.39. The van der Waals surface area contributed by atoms with E-state index in [1.165, 1.54) is 30.0 Å². The molecule has 8 heteroatoms. The number of benzene rings is 2. The lowest BCUT2D eigenvalue weighted by Crippen LogP contribution is -2.23. The third kappa shape index (κ3) is 5.16. The van der Waals surface area contributed by atoms with E-state index in [-0.39, 0.29) is 35.8 Å². The van der Waals surface area contributed by atoms with E-state index in [0.29, 0.717) is 23.4 Å². The van der Waals surface area contributed by atoms with Crippen LogP contribution < -0.4 is 10.9 Å². The molecule has 2 aromatic carbocycles. The molecule has 0 bridgehead atoms. The number of methoxy groups -OCH3 is 1. The molecule has 3 aromatic rings. The first-order valence-electron chi connectivity index (χ1n) is 9.29. The van der Waals surface area contributed by atoms with Gasteiger partial charge in [0.15, 0.2) is 0 Å². The Balaban J connectivity index is 1.62. The van der Waals surface area contributed by atoms with E-state index in [2.05, 4.69) is 10.4 Å². The molecule has 0 fully saturated rings. The minimum atomic E-state index is -0.542. The molecule has 7 nitrogen and oxygen atoms in total. The molecule has 0 radical (unpaired) electrons. The average molecular weight is 409 g/mol. The van der Waals surface area contributed by atoms with Crippen LogP contribution in [0.5, 0.6) is 0 Å². The van der Waals surface area contributed by atoms with Crippen molar-refractivity contribution in [2.75, 3.05) is 12.4 Å². The fraction of sp³-hybridized carbons (Fsp3) is 0.182. The zero-order valence-electron chi connectivity index (χ0n) is 16.3. The van der Waals surface area contributed by atoms with Gasteiger partial charge in [-0.15, -0.1) is 0 Å². The lowest BCUT2D eigenvalue weighted by molar-refractivity contribution is -0.116. The zero-order valence-corrected chi connectivity index (χ0v) is 16.3. The lowest BCUT2D eigenvalue weighted by Gasteiger charge is -2.10. The predicted molar refractivity (Wildman–Crippen MR) is 110 cm³/mol. The number of esters is 1. The van der Waals surface area contributed by atoms with Crippen LogP contribution in [0.15, 0.2) is 65.5 Å². The quantitative estimate of drug-likeness (QED) is 0.605. The molecule has 1 aromatic heterocycles. The van der Waals surface area contributed by atoms with Crippen LogP contribution in [0.1, 0.15) is 23.2 Å². The number of rotatable bonds is 7. The number of ether oxygens (including phenoxy) is 1. The highest BCUT2D eigenvalue weighted by Crippen LogP contribution is 2.17. The van der Waals surface area contributed by atoms with Crippen molar-refractivity contribution in [3.05, 3.63) is 82.4 Å². The number of carbonyl (C=O) groups excluding carboxylic acids is 2. The number of hydrogen-bond donors (Lipinski definition) is 1. The van der Waals surface area contributed by atoms with Gasteiger partial charge in [-0.2, -0.15) is 5.10 Å². The van der Waals surface area contributed by atoms with Crippen LogP contribution in [-0.2, 0) is 16.1 Å². The summed E-state index contributed by atoms with van der Waals surface area (Å²) < 4.78 is 19.1. The zero-order chi connectivity index (χ0) is 21.5. The molecule has 154 valence electrons. The Bertz CT molecular complexity index is 1110. The smallest absolute Gasteiger partial charge is 0.339 e. The second-order valence-electron chi connectivity index (χ2n) is 6.48. The normalized spacial score (nSPS) is 10.5. The first-order chi connectivity index (χ1) is 14.5. The number of hydrogen-bond acceptors (Lipinski definition) is 5. The Hall–Kier alpha value is -3.81. The van der Waals surface area contributed by atoms with Gasteiger partial charge in [0, 0.05) is 24.6 Å². The van der Waals surface area contributed by atoms with E-state index in [1.54, 1.807) is 42.5 Å². The maximum absolute atomic E-state index is 13.1. The van der Waals surface area contributed by atoms with Crippen LogP contribution in [-0.4, -0.2) is 28.8 Å². The Kier molecular flexibility index (Phi) is 6.69. The van der Waals surface area contributed by atoms with Crippen LogP contribution in [0, 0.1) is 5.82 Å². The van der Waals surface area contributed by atoms with Crippen molar-refractivity contribution >= 4 is 17.6 Å².